The van der Waals surface area contributed by atoms with E-state index in [0.717, 1.165) is 11.6 Å². The lowest BCUT2D eigenvalue weighted by Gasteiger charge is -2.06. The molecular weight excluding hydrogens is 236 g/mol. The molecule has 2 atom stereocenters. The van der Waals surface area contributed by atoms with Crippen molar-refractivity contribution in [1.29, 1.82) is 0 Å². The van der Waals surface area contributed by atoms with Gasteiger partial charge in [-0.15, -0.1) is 0 Å². The number of nitrogens with two attached hydrogens (primary N) is 1. The normalized spacial score (nSPS) is 23.4. The second kappa shape index (κ2) is 4.66. The zero-order valence-electron chi connectivity index (χ0n) is 9.89. The Morgan fingerprint density at radius 2 is 2.00 bits per heavy atom. The van der Waals surface area contributed by atoms with Gasteiger partial charge in [0.1, 0.15) is 0 Å². The van der Waals surface area contributed by atoms with Crippen LogP contribution >= 0.6 is 0 Å². The predicted molar refractivity (Wildman–Crippen MR) is 68.2 cm³/mol. The molecule has 1 aromatic rings. The molecule has 1 fully saturated rings. The highest BCUT2D eigenvalue weighted by Crippen LogP contribution is 2.37. The van der Waals surface area contributed by atoms with Crippen molar-refractivity contribution in [1.82, 2.24) is 0 Å². The van der Waals surface area contributed by atoms with Crippen LogP contribution in [0.5, 0.6) is 0 Å². The molecule has 2 unspecified atom stereocenters. The van der Waals surface area contributed by atoms with Crippen LogP contribution in [0.4, 0.5) is 5.69 Å². The first-order chi connectivity index (χ1) is 8.00. The summed E-state index contributed by atoms with van der Waals surface area (Å²) >= 11 is 0. The van der Waals surface area contributed by atoms with Crippen molar-refractivity contribution >= 4 is 15.7 Å². The minimum atomic E-state index is -3.58. The molecule has 0 amide bonds. The van der Waals surface area contributed by atoms with Crippen molar-refractivity contribution in [2.75, 3.05) is 5.32 Å². The number of anilines is 1. The van der Waals surface area contributed by atoms with E-state index in [-0.39, 0.29) is 4.90 Å². The van der Waals surface area contributed by atoms with E-state index in [1.165, 1.54) is 31.4 Å². The van der Waals surface area contributed by atoms with E-state index in [0.29, 0.717) is 6.04 Å². The van der Waals surface area contributed by atoms with Gasteiger partial charge in [0.2, 0.25) is 10.0 Å². The molecule has 1 aromatic carbocycles. The Hall–Kier alpha value is -1.07. The summed E-state index contributed by atoms with van der Waals surface area (Å²) in [6, 6.07) is 7.15. The van der Waals surface area contributed by atoms with E-state index in [9.17, 15) is 8.42 Å². The number of benzene rings is 1. The van der Waals surface area contributed by atoms with Gasteiger partial charge in [-0.05, 0) is 43.0 Å². The topological polar surface area (TPSA) is 72.2 Å². The van der Waals surface area contributed by atoms with Crippen LogP contribution in [0.15, 0.2) is 29.2 Å². The maximum absolute atomic E-state index is 11.1. The summed E-state index contributed by atoms with van der Waals surface area (Å²) in [6.45, 7) is 2.19. The monoisotopic (exact) mass is 254 g/mol. The minimum Gasteiger partial charge on any atom is -0.382 e. The van der Waals surface area contributed by atoms with Gasteiger partial charge in [0.25, 0.3) is 0 Å². The smallest absolute Gasteiger partial charge is 0.238 e. The molecule has 1 aliphatic carbocycles. The largest absolute Gasteiger partial charge is 0.382 e. The molecule has 17 heavy (non-hydrogen) atoms. The molecule has 0 saturated heterocycles. The third-order valence-corrected chi connectivity index (χ3v) is 4.05. The third-order valence-electron chi connectivity index (χ3n) is 3.12. The van der Waals surface area contributed by atoms with Crippen LogP contribution in [0.25, 0.3) is 0 Å². The molecule has 0 heterocycles. The van der Waals surface area contributed by atoms with Crippen molar-refractivity contribution in [3.05, 3.63) is 24.3 Å². The van der Waals surface area contributed by atoms with Crippen molar-refractivity contribution < 1.29 is 8.42 Å². The number of primary sulfonamides is 1. The van der Waals surface area contributed by atoms with E-state index >= 15 is 0 Å². The Morgan fingerprint density at radius 1 is 1.35 bits per heavy atom. The SMILES string of the molecule is CCCC1CC1Nc1ccc(S(N)(=O)=O)cc1. The van der Waals surface area contributed by atoms with Crippen molar-refractivity contribution in [2.45, 2.75) is 37.1 Å². The predicted octanol–water partition coefficient (Wildman–Crippen LogP) is 1.93. The molecule has 1 aliphatic rings. The average molecular weight is 254 g/mol. The van der Waals surface area contributed by atoms with Gasteiger partial charge in [0.15, 0.2) is 0 Å². The molecule has 4 nitrogen and oxygen atoms in total. The number of hydrogen-bond acceptors (Lipinski definition) is 3. The molecule has 5 heteroatoms. The van der Waals surface area contributed by atoms with Crippen LogP contribution in [0, 0.1) is 5.92 Å². The first-order valence-corrected chi connectivity index (χ1v) is 7.44. The highest BCUT2D eigenvalue weighted by Gasteiger charge is 2.35. The van der Waals surface area contributed by atoms with Crippen molar-refractivity contribution in [2.24, 2.45) is 11.1 Å². The van der Waals surface area contributed by atoms with Gasteiger partial charge in [-0.1, -0.05) is 13.3 Å². The summed E-state index contributed by atoms with van der Waals surface area (Å²) in [5.41, 5.74) is 0.959. The summed E-state index contributed by atoms with van der Waals surface area (Å²) in [5, 5.41) is 8.43. The maximum atomic E-state index is 11.1. The molecule has 0 aromatic heterocycles. The summed E-state index contributed by atoms with van der Waals surface area (Å²) in [6.07, 6.45) is 3.69. The van der Waals surface area contributed by atoms with Gasteiger partial charge in [-0.3, -0.25) is 0 Å². The number of nitrogens with one attached hydrogen (secondary N) is 1. The zero-order valence-corrected chi connectivity index (χ0v) is 10.7. The summed E-state index contributed by atoms with van der Waals surface area (Å²) in [4.78, 5) is 0.156. The van der Waals surface area contributed by atoms with E-state index in [2.05, 4.69) is 12.2 Å². The number of sulfonamides is 1. The van der Waals surface area contributed by atoms with E-state index in [1.807, 2.05) is 0 Å². The summed E-state index contributed by atoms with van der Waals surface area (Å²) in [7, 11) is -3.58. The van der Waals surface area contributed by atoms with E-state index in [4.69, 9.17) is 5.14 Å². The van der Waals surface area contributed by atoms with Gasteiger partial charge < -0.3 is 5.32 Å². The molecule has 2 rings (SSSR count). The van der Waals surface area contributed by atoms with Crippen LogP contribution in [0.3, 0.4) is 0 Å². The third kappa shape index (κ3) is 3.20. The van der Waals surface area contributed by atoms with Crippen molar-refractivity contribution in [3.8, 4) is 0 Å². The van der Waals surface area contributed by atoms with Crippen LogP contribution in [0.2, 0.25) is 0 Å². The van der Waals surface area contributed by atoms with Crippen LogP contribution in [-0.4, -0.2) is 14.5 Å². The Labute approximate surface area is 102 Å². The zero-order chi connectivity index (χ0) is 12.5. The highest BCUT2D eigenvalue weighted by atomic mass is 32.2. The molecule has 0 bridgehead atoms. The molecule has 94 valence electrons. The van der Waals surface area contributed by atoms with Crippen molar-refractivity contribution in [3.63, 3.8) is 0 Å². The fourth-order valence-corrected chi connectivity index (χ4v) is 2.58. The lowest BCUT2D eigenvalue weighted by atomic mass is 10.2. The van der Waals surface area contributed by atoms with Gasteiger partial charge >= 0.3 is 0 Å². The second-order valence-electron chi connectivity index (χ2n) is 4.60. The highest BCUT2D eigenvalue weighted by molar-refractivity contribution is 7.89. The summed E-state index contributed by atoms with van der Waals surface area (Å²) in [5.74, 6) is 0.776. The Bertz CT molecular complexity index is 482. The summed E-state index contributed by atoms with van der Waals surface area (Å²) < 4.78 is 22.1. The number of hydrogen-bond donors (Lipinski definition) is 2. The van der Waals surface area contributed by atoms with Gasteiger partial charge in [0, 0.05) is 11.7 Å². The Morgan fingerprint density at radius 3 is 2.53 bits per heavy atom. The van der Waals surface area contributed by atoms with Gasteiger partial charge in [-0.25, -0.2) is 13.6 Å². The lowest BCUT2D eigenvalue weighted by molar-refractivity contribution is 0.598. The second-order valence-corrected chi connectivity index (χ2v) is 6.17. The van der Waals surface area contributed by atoms with E-state index < -0.39 is 10.0 Å². The maximum Gasteiger partial charge on any atom is 0.238 e. The molecule has 1 saturated carbocycles. The van der Waals surface area contributed by atoms with Crippen LogP contribution in [0.1, 0.15) is 26.2 Å². The average Bonchev–Trinajstić information content (AvgIpc) is 2.96. The standard InChI is InChI=1S/C12H18N2O2S/c1-2-3-9-8-12(9)14-10-4-6-11(7-5-10)17(13,15)16/h4-7,9,12,14H,2-3,8H2,1H3,(H2,13,15,16). The molecule has 0 aliphatic heterocycles. The van der Waals surface area contributed by atoms with Crippen LogP contribution in [-0.2, 0) is 10.0 Å². The minimum absolute atomic E-state index is 0.156. The molecule has 0 radical (unpaired) electrons. The molecule has 0 spiro atoms. The number of rotatable bonds is 5. The lowest BCUT2D eigenvalue weighted by Crippen LogP contribution is -2.12. The fraction of sp³-hybridized carbons (Fsp3) is 0.500. The Kier molecular flexibility index (Phi) is 3.40. The molecular formula is C12H18N2O2S. The van der Waals surface area contributed by atoms with Gasteiger partial charge in [-0.2, -0.15) is 0 Å². The first-order valence-electron chi connectivity index (χ1n) is 5.90. The van der Waals surface area contributed by atoms with Gasteiger partial charge in [0.05, 0.1) is 4.90 Å². The first kappa shape index (κ1) is 12.4. The fourth-order valence-electron chi connectivity index (χ4n) is 2.07. The van der Waals surface area contributed by atoms with E-state index in [1.54, 1.807) is 12.1 Å². The molecule has 3 N–H and O–H groups in total. The Balaban J connectivity index is 1.96. The van der Waals surface area contributed by atoms with Crippen LogP contribution < -0.4 is 10.5 Å². The quantitative estimate of drug-likeness (QED) is 0.843.